The highest BCUT2D eigenvalue weighted by atomic mass is 16.3. The molecule has 0 spiro atoms. The number of carbonyl (C=O) groups is 1. The maximum absolute atomic E-state index is 11.8. The summed E-state index contributed by atoms with van der Waals surface area (Å²) in [5.74, 6) is -0.0388. The molecule has 4 heteroatoms. The van der Waals surface area contributed by atoms with E-state index in [1.54, 1.807) is 0 Å². The van der Waals surface area contributed by atoms with E-state index in [0.29, 0.717) is 19.5 Å². The van der Waals surface area contributed by atoms with Gasteiger partial charge >= 0.3 is 0 Å². The lowest BCUT2D eigenvalue weighted by atomic mass is 10.1. The van der Waals surface area contributed by atoms with Crippen molar-refractivity contribution in [3.63, 3.8) is 0 Å². The van der Waals surface area contributed by atoms with Crippen molar-refractivity contribution in [3.8, 4) is 0 Å². The monoisotopic (exact) mass is 234 g/mol. The number of aryl methyl sites for hydroxylation is 1. The van der Waals surface area contributed by atoms with Crippen molar-refractivity contribution in [3.05, 3.63) is 35.4 Å². The second kappa shape index (κ2) is 5.29. The molecule has 0 saturated carbocycles. The Labute approximate surface area is 101 Å². The molecule has 2 atom stereocenters. The Kier molecular flexibility index (Phi) is 3.76. The van der Waals surface area contributed by atoms with Gasteiger partial charge in [0.2, 0.25) is 5.91 Å². The number of hydrogen-bond acceptors (Lipinski definition) is 3. The Morgan fingerprint density at radius 2 is 2.41 bits per heavy atom. The molecule has 1 aromatic rings. The third-order valence-electron chi connectivity index (χ3n) is 2.97. The van der Waals surface area contributed by atoms with Gasteiger partial charge in [-0.1, -0.05) is 29.8 Å². The van der Waals surface area contributed by atoms with Crippen molar-refractivity contribution in [1.82, 2.24) is 10.6 Å². The van der Waals surface area contributed by atoms with E-state index < -0.39 is 6.10 Å². The van der Waals surface area contributed by atoms with Gasteiger partial charge in [0.1, 0.15) is 0 Å². The molecule has 1 aliphatic rings. The molecule has 1 aromatic carbocycles. The number of hydrogen-bond donors (Lipinski definition) is 3. The third-order valence-corrected chi connectivity index (χ3v) is 2.97. The summed E-state index contributed by atoms with van der Waals surface area (Å²) < 4.78 is 0. The van der Waals surface area contributed by atoms with Gasteiger partial charge in [-0.2, -0.15) is 0 Å². The van der Waals surface area contributed by atoms with Crippen molar-refractivity contribution in [2.24, 2.45) is 0 Å². The fraction of sp³-hybridized carbons (Fsp3) is 0.462. The van der Waals surface area contributed by atoms with E-state index in [9.17, 15) is 9.90 Å². The Bertz CT molecular complexity index is 406. The van der Waals surface area contributed by atoms with Crippen molar-refractivity contribution in [2.45, 2.75) is 32.0 Å². The molecule has 0 unspecified atom stereocenters. The third kappa shape index (κ3) is 3.28. The molecule has 1 fully saturated rings. The van der Waals surface area contributed by atoms with Crippen LogP contribution in [0.1, 0.15) is 17.5 Å². The second-order valence-electron chi connectivity index (χ2n) is 4.56. The summed E-state index contributed by atoms with van der Waals surface area (Å²) in [5.41, 5.74) is 2.28. The van der Waals surface area contributed by atoms with Crippen LogP contribution in [0.5, 0.6) is 0 Å². The normalized spacial score (nSPS) is 23.6. The molecule has 1 aliphatic heterocycles. The quantitative estimate of drug-likeness (QED) is 0.706. The van der Waals surface area contributed by atoms with Gasteiger partial charge in [-0.3, -0.25) is 4.79 Å². The van der Waals surface area contributed by atoms with Gasteiger partial charge < -0.3 is 15.7 Å². The smallest absolute Gasteiger partial charge is 0.237 e. The van der Waals surface area contributed by atoms with Crippen LogP contribution in [-0.2, 0) is 11.3 Å². The number of β-amino-alcohol motifs (C(OH)–C–C–N with tert-alkyl or cyclic N) is 1. The molecule has 17 heavy (non-hydrogen) atoms. The highest BCUT2D eigenvalue weighted by Crippen LogP contribution is 2.07. The zero-order valence-electron chi connectivity index (χ0n) is 9.94. The minimum absolute atomic E-state index is 0.0388. The van der Waals surface area contributed by atoms with Crippen LogP contribution in [-0.4, -0.2) is 29.7 Å². The highest BCUT2D eigenvalue weighted by Gasteiger charge is 2.27. The summed E-state index contributed by atoms with van der Waals surface area (Å²) >= 11 is 0. The van der Waals surface area contributed by atoms with E-state index in [2.05, 4.69) is 16.7 Å². The van der Waals surface area contributed by atoms with Crippen molar-refractivity contribution in [1.29, 1.82) is 0 Å². The Morgan fingerprint density at radius 3 is 3.06 bits per heavy atom. The maximum atomic E-state index is 11.8. The number of rotatable bonds is 3. The van der Waals surface area contributed by atoms with E-state index in [-0.39, 0.29) is 11.9 Å². The zero-order chi connectivity index (χ0) is 12.3. The molecule has 1 amide bonds. The van der Waals surface area contributed by atoms with Crippen molar-refractivity contribution >= 4 is 5.91 Å². The molecule has 3 N–H and O–H groups in total. The van der Waals surface area contributed by atoms with E-state index in [0.717, 1.165) is 5.56 Å². The number of nitrogens with one attached hydrogen (secondary N) is 2. The Balaban J connectivity index is 1.84. The predicted molar refractivity (Wildman–Crippen MR) is 65.4 cm³/mol. The van der Waals surface area contributed by atoms with Crippen molar-refractivity contribution in [2.75, 3.05) is 6.54 Å². The van der Waals surface area contributed by atoms with Gasteiger partial charge in [0.05, 0.1) is 12.1 Å². The van der Waals surface area contributed by atoms with Crippen molar-refractivity contribution < 1.29 is 9.90 Å². The average molecular weight is 234 g/mol. The molecular formula is C13H18N2O2. The van der Waals surface area contributed by atoms with Gasteiger partial charge in [0, 0.05) is 13.1 Å². The summed E-state index contributed by atoms with van der Waals surface area (Å²) in [5, 5.41) is 15.2. The molecule has 1 heterocycles. The first-order valence-electron chi connectivity index (χ1n) is 5.90. The molecule has 4 nitrogen and oxygen atoms in total. The molecular weight excluding hydrogens is 216 g/mol. The van der Waals surface area contributed by atoms with E-state index in [4.69, 9.17) is 0 Å². The van der Waals surface area contributed by atoms with Crippen LogP contribution in [0.3, 0.4) is 0 Å². The number of amides is 1. The summed E-state index contributed by atoms with van der Waals surface area (Å²) in [4.78, 5) is 11.8. The molecule has 1 saturated heterocycles. The lowest BCUT2D eigenvalue weighted by Gasteiger charge is -2.11. The van der Waals surface area contributed by atoms with Crippen LogP contribution >= 0.6 is 0 Å². The van der Waals surface area contributed by atoms with Gasteiger partial charge in [-0.25, -0.2) is 0 Å². The van der Waals surface area contributed by atoms with Crippen LogP contribution in [0, 0.1) is 6.92 Å². The lowest BCUT2D eigenvalue weighted by molar-refractivity contribution is -0.123. The lowest BCUT2D eigenvalue weighted by Crippen LogP contribution is -2.40. The first-order chi connectivity index (χ1) is 8.15. The Hall–Kier alpha value is -1.39. The van der Waals surface area contributed by atoms with Gasteiger partial charge in [-0.05, 0) is 18.9 Å². The molecule has 92 valence electrons. The van der Waals surface area contributed by atoms with Gasteiger partial charge in [0.15, 0.2) is 0 Å². The first-order valence-corrected chi connectivity index (χ1v) is 5.90. The minimum atomic E-state index is -0.398. The standard InChI is InChI=1S/C13H18N2O2/c1-9-3-2-4-10(5-9)7-15-13(17)12-6-11(16)8-14-12/h2-5,11-12,14,16H,6-8H2,1H3,(H,15,17)/t11-,12-/m1/s1. The van der Waals surface area contributed by atoms with E-state index in [1.807, 2.05) is 25.1 Å². The summed E-state index contributed by atoms with van der Waals surface area (Å²) in [6.07, 6.45) is 0.101. The second-order valence-corrected chi connectivity index (χ2v) is 4.56. The zero-order valence-corrected chi connectivity index (χ0v) is 9.94. The number of carbonyl (C=O) groups excluding carboxylic acids is 1. The highest BCUT2D eigenvalue weighted by molar-refractivity contribution is 5.82. The van der Waals surface area contributed by atoms with Gasteiger partial charge in [0.25, 0.3) is 0 Å². The summed E-state index contributed by atoms with van der Waals surface area (Å²) in [7, 11) is 0. The predicted octanol–water partition coefficient (Wildman–Crippen LogP) is 0.334. The average Bonchev–Trinajstić information content (AvgIpc) is 2.73. The van der Waals surface area contributed by atoms with Gasteiger partial charge in [-0.15, -0.1) is 0 Å². The topological polar surface area (TPSA) is 61.4 Å². The molecule has 0 aliphatic carbocycles. The first kappa shape index (κ1) is 12.1. The molecule has 0 aromatic heterocycles. The summed E-state index contributed by atoms with van der Waals surface area (Å²) in [6, 6.07) is 7.80. The maximum Gasteiger partial charge on any atom is 0.237 e. The molecule has 0 bridgehead atoms. The summed E-state index contributed by atoms with van der Waals surface area (Å²) in [6.45, 7) is 3.07. The molecule has 2 rings (SSSR count). The van der Waals surface area contributed by atoms with Crippen LogP contribution in [0.4, 0.5) is 0 Å². The van der Waals surface area contributed by atoms with Crippen LogP contribution in [0.25, 0.3) is 0 Å². The van der Waals surface area contributed by atoms with Crippen LogP contribution in [0.2, 0.25) is 0 Å². The minimum Gasteiger partial charge on any atom is -0.392 e. The largest absolute Gasteiger partial charge is 0.392 e. The van der Waals surface area contributed by atoms with E-state index in [1.165, 1.54) is 5.56 Å². The number of aliphatic hydroxyl groups excluding tert-OH is 1. The number of benzene rings is 1. The SMILES string of the molecule is Cc1cccc(CNC(=O)[C@H]2C[C@@H](O)CN2)c1. The fourth-order valence-corrected chi connectivity index (χ4v) is 2.05. The fourth-order valence-electron chi connectivity index (χ4n) is 2.05. The Morgan fingerprint density at radius 1 is 1.59 bits per heavy atom. The van der Waals surface area contributed by atoms with E-state index >= 15 is 0 Å². The van der Waals surface area contributed by atoms with Crippen LogP contribution < -0.4 is 10.6 Å². The number of aliphatic hydroxyl groups is 1. The van der Waals surface area contributed by atoms with Crippen LogP contribution in [0.15, 0.2) is 24.3 Å². The molecule has 0 radical (unpaired) electrons.